The Morgan fingerprint density at radius 2 is 2.11 bits per heavy atom. The summed E-state index contributed by atoms with van der Waals surface area (Å²) in [5.74, 6) is 0.379. The van der Waals surface area contributed by atoms with E-state index in [1.807, 2.05) is 13.0 Å². The van der Waals surface area contributed by atoms with E-state index >= 15 is 0 Å². The molecule has 0 bridgehead atoms. The highest BCUT2D eigenvalue weighted by molar-refractivity contribution is 9.09. The molecule has 0 aromatic heterocycles. The molecule has 0 aliphatic rings. The fourth-order valence-electron chi connectivity index (χ4n) is 1.70. The number of alkyl halides is 1. The molecule has 18 heavy (non-hydrogen) atoms. The second kappa shape index (κ2) is 7.26. The van der Waals surface area contributed by atoms with Crippen molar-refractivity contribution in [3.05, 3.63) is 29.8 Å². The van der Waals surface area contributed by atoms with Gasteiger partial charge in [-0.05, 0) is 37.0 Å². The van der Waals surface area contributed by atoms with E-state index in [-0.39, 0.29) is 0 Å². The highest BCUT2D eigenvalue weighted by Gasteiger charge is 2.15. The molecular weight excluding hydrogens is 314 g/mol. The molecule has 1 aromatic carbocycles. The van der Waals surface area contributed by atoms with Gasteiger partial charge in [0.2, 0.25) is 10.0 Å². The predicted molar refractivity (Wildman–Crippen MR) is 78.6 cm³/mol. The van der Waals surface area contributed by atoms with E-state index in [4.69, 9.17) is 0 Å². The van der Waals surface area contributed by atoms with Crippen molar-refractivity contribution < 1.29 is 8.42 Å². The van der Waals surface area contributed by atoms with Crippen LogP contribution in [-0.4, -0.2) is 20.3 Å². The molecule has 0 saturated heterocycles. The maximum atomic E-state index is 12.1. The standard InChI is InChI=1S/C13H20BrNO2S/c1-3-12(7-8-14)10-15-18(16,17)13-6-4-5-11(2)9-13/h4-6,9,12,15H,3,7-8,10H2,1-2H3. The van der Waals surface area contributed by atoms with E-state index in [2.05, 4.69) is 27.6 Å². The third-order valence-electron chi connectivity index (χ3n) is 2.96. The Morgan fingerprint density at radius 3 is 2.67 bits per heavy atom. The minimum atomic E-state index is -3.37. The summed E-state index contributed by atoms with van der Waals surface area (Å²) in [6, 6.07) is 6.97. The van der Waals surface area contributed by atoms with Crippen molar-refractivity contribution in [3.8, 4) is 0 Å². The predicted octanol–water partition coefficient (Wildman–Crippen LogP) is 3.08. The molecule has 0 aliphatic heterocycles. The van der Waals surface area contributed by atoms with Crippen molar-refractivity contribution in [2.24, 2.45) is 5.92 Å². The van der Waals surface area contributed by atoms with Gasteiger partial charge in [0.15, 0.2) is 0 Å². The highest BCUT2D eigenvalue weighted by atomic mass is 79.9. The first-order valence-corrected chi connectivity index (χ1v) is 8.72. The lowest BCUT2D eigenvalue weighted by molar-refractivity contribution is 0.483. The van der Waals surface area contributed by atoms with Gasteiger partial charge in [-0.2, -0.15) is 0 Å². The molecule has 0 amide bonds. The van der Waals surface area contributed by atoms with Crippen LogP contribution in [-0.2, 0) is 10.0 Å². The molecule has 0 fully saturated rings. The molecule has 0 heterocycles. The molecule has 102 valence electrons. The molecule has 0 aliphatic carbocycles. The van der Waals surface area contributed by atoms with Gasteiger partial charge in [0.1, 0.15) is 0 Å². The monoisotopic (exact) mass is 333 g/mol. The maximum absolute atomic E-state index is 12.1. The fourth-order valence-corrected chi connectivity index (χ4v) is 3.57. The summed E-state index contributed by atoms with van der Waals surface area (Å²) in [4.78, 5) is 0.344. The number of rotatable bonds is 7. The Bertz CT molecular complexity index is 474. The molecule has 1 atom stereocenters. The van der Waals surface area contributed by atoms with Gasteiger partial charge >= 0.3 is 0 Å². The van der Waals surface area contributed by atoms with Crippen LogP contribution in [0.1, 0.15) is 25.3 Å². The average molecular weight is 334 g/mol. The topological polar surface area (TPSA) is 46.2 Å². The Hall–Kier alpha value is -0.390. The minimum absolute atomic E-state index is 0.344. The lowest BCUT2D eigenvalue weighted by Crippen LogP contribution is -2.29. The minimum Gasteiger partial charge on any atom is -0.211 e. The van der Waals surface area contributed by atoms with Crippen LogP contribution in [0.25, 0.3) is 0 Å². The zero-order valence-electron chi connectivity index (χ0n) is 10.8. The van der Waals surface area contributed by atoms with E-state index in [0.717, 1.165) is 23.7 Å². The normalized spacial score (nSPS) is 13.5. The molecule has 1 rings (SSSR count). The van der Waals surface area contributed by atoms with Crippen LogP contribution < -0.4 is 4.72 Å². The molecule has 1 aromatic rings. The molecule has 0 radical (unpaired) electrons. The van der Waals surface area contributed by atoms with Crippen molar-refractivity contribution >= 4 is 26.0 Å². The Labute approximate surface area is 118 Å². The second-order valence-electron chi connectivity index (χ2n) is 4.42. The number of benzene rings is 1. The Kier molecular flexibility index (Phi) is 6.32. The molecule has 1 unspecified atom stereocenters. The van der Waals surface area contributed by atoms with Crippen molar-refractivity contribution in [2.45, 2.75) is 31.6 Å². The molecule has 3 nitrogen and oxygen atoms in total. The summed E-state index contributed by atoms with van der Waals surface area (Å²) in [6.07, 6.45) is 1.95. The Balaban J connectivity index is 2.70. The van der Waals surface area contributed by atoms with E-state index < -0.39 is 10.0 Å². The summed E-state index contributed by atoms with van der Waals surface area (Å²) < 4.78 is 26.9. The number of hydrogen-bond donors (Lipinski definition) is 1. The smallest absolute Gasteiger partial charge is 0.211 e. The number of nitrogens with one attached hydrogen (secondary N) is 1. The van der Waals surface area contributed by atoms with E-state index in [9.17, 15) is 8.42 Å². The zero-order chi connectivity index (χ0) is 13.6. The van der Waals surface area contributed by atoms with Gasteiger partial charge in [-0.15, -0.1) is 0 Å². The van der Waals surface area contributed by atoms with Crippen LogP contribution in [0.3, 0.4) is 0 Å². The number of halogens is 1. The van der Waals surface area contributed by atoms with Gasteiger partial charge in [0.05, 0.1) is 4.90 Å². The van der Waals surface area contributed by atoms with Crippen LogP contribution in [0, 0.1) is 12.8 Å². The first-order valence-electron chi connectivity index (χ1n) is 6.12. The van der Waals surface area contributed by atoms with Crippen LogP contribution in [0.4, 0.5) is 0 Å². The van der Waals surface area contributed by atoms with Crippen LogP contribution in [0.2, 0.25) is 0 Å². The lowest BCUT2D eigenvalue weighted by atomic mass is 10.0. The third-order valence-corrected chi connectivity index (χ3v) is 4.84. The summed E-state index contributed by atoms with van der Waals surface area (Å²) in [7, 11) is -3.37. The van der Waals surface area contributed by atoms with Gasteiger partial charge in [-0.1, -0.05) is 41.4 Å². The van der Waals surface area contributed by atoms with Gasteiger partial charge in [-0.25, -0.2) is 13.1 Å². The van der Waals surface area contributed by atoms with Crippen molar-refractivity contribution in [1.82, 2.24) is 4.72 Å². The van der Waals surface area contributed by atoms with Crippen molar-refractivity contribution in [1.29, 1.82) is 0 Å². The van der Waals surface area contributed by atoms with Gasteiger partial charge in [0.25, 0.3) is 0 Å². The largest absolute Gasteiger partial charge is 0.240 e. The van der Waals surface area contributed by atoms with E-state index in [1.54, 1.807) is 18.2 Å². The first-order chi connectivity index (χ1) is 8.49. The number of sulfonamides is 1. The number of hydrogen-bond acceptors (Lipinski definition) is 2. The fraction of sp³-hybridized carbons (Fsp3) is 0.538. The van der Waals surface area contributed by atoms with Crippen LogP contribution in [0.5, 0.6) is 0 Å². The summed E-state index contributed by atoms with van der Waals surface area (Å²) >= 11 is 3.39. The van der Waals surface area contributed by atoms with Crippen LogP contribution in [0.15, 0.2) is 29.2 Å². The van der Waals surface area contributed by atoms with E-state index in [0.29, 0.717) is 17.4 Å². The molecule has 1 N–H and O–H groups in total. The lowest BCUT2D eigenvalue weighted by Gasteiger charge is -2.14. The molecule has 5 heteroatoms. The van der Waals surface area contributed by atoms with E-state index in [1.165, 1.54) is 0 Å². The number of aryl methyl sites for hydroxylation is 1. The first kappa shape index (κ1) is 15.7. The molecular formula is C13H20BrNO2S. The SMILES string of the molecule is CCC(CCBr)CNS(=O)(=O)c1cccc(C)c1. The quantitative estimate of drug-likeness (QED) is 0.779. The second-order valence-corrected chi connectivity index (χ2v) is 6.98. The zero-order valence-corrected chi connectivity index (χ0v) is 13.2. The summed E-state index contributed by atoms with van der Waals surface area (Å²) in [6.45, 7) is 4.46. The summed E-state index contributed by atoms with van der Waals surface area (Å²) in [5.41, 5.74) is 0.949. The average Bonchev–Trinajstić information content (AvgIpc) is 2.34. The maximum Gasteiger partial charge on any atom is 0.240 e. The van der Waals surface area contributed by atoms with Gasteiger partial charge in [0, 0.05) is 11.9 Å². The van der Waals surface area contributed by atoms with Gasteiger partial charge in [-0.3, -0.25) is 0 Å². The van der Waals surface area contributed by atoms with Gasteiger partial charge < -0.3 is 0 Å². The third kappa shape index (κ3) is 4.71. The van der Waals surface area contributed by atoms with Crippen molar-refractivity contribution in [2.75, 3.05) is 11.9 Å². The van der Waals surface area contributed by atoms with Crippen molar-refractivity contribution in [3.63, 3.8) is 0 Å². The highest BCUT2D eigenvalue weighted by Crippen LogP contribution is 2.13. The van der Waals surface area contributed by atoms with Crippen LogP contribution >= 0.6 is 15.9 Å². The summed E-state index contributed by atoms with van der Waals surface area (Å²) in [5, 5.41) is 0.900. The molecule has 0 spiro atoms. The Morgan fingerprint density at radius 1 is 1.39 bits per heavy atom. The molecule has 0 saturated carbocycles.